The Balaban J connectivity index is 1.30. The fourth-order valence-electron chi connectivity index (χ4n) is 3.74. The first-order valence-electron chi connectivity index (χ1n) is 9.59. The van der Waals surface area contributed by atoms with E-state index in [1.807, 2.05) is 13.0 Å². The third kappa shape index (κ3) is 4.11. The van der Waals surface area contributed by atoms with Crippen LogP contribution in [0.15, 0.2) is 36.5 Å². The van der Waals surface area contributed by atoms with Gasteiger partial charge in [-0.25, -0.2) is 0 Å². The molecule has 2 fully saturated rings. The number of carbonyl (C=O) groups is 1. The van der Waals surface area contributed by atoms with E-state index in [2.05, 4.69) is 44.3 Å². The number of pyridine rings is 1. The summed E-state index contributed by atoms with van der Waals surface area (Å²) in [5.74, 6) is 1.29. The molecule has 27 heavy (non-hydrogen) atoms. The van der Waals surface area contributed by atoms with Crippen LogP contribution in [0.2, 0.25) is 0 Å². The summed E-state index contributed by atoms with van der Waals surface area (Å²) >= 11 is 0. The fraction of sp³-hybridized carbons (Fsp3) is 0.409. The van der Waals surface area contributed by atoms with E-state index in [1.165, 1.54) is 18.4 Å². The molecule has 1 aliphatic heterocycles. The van der Waals surface area contributed by atoms with Gasteiger partial charge in [0.05, 0.1) is 12.1 Å². The highest BCUT2D eigenvalue weighted by Gasteiger charge is 2.25. The average Bonchev–Trinajstić information content (AvgIpc) is 3.41. The lowest BCUT2D eigenvalue weighted by atomic mass is 10.1. The summed E-state index contributed by atoms with van der Waals surface area (Å²) in [5, 5.41) is 3.16. The second-order valence-corrected chi connectivity index (χ2v) is 7.64. The Morgan fingerprint density at radius 2 is 2.07 bits per heavy atom. The number of rotatable bonds is 5. The van der Waals surface area contributed by atoms with Crippen molar-refractivity contribution in [1.29, 1.82) is 0 Å². The van der Waals surface area contributed by atoms with Gasteiger partial charge in [0, 0.05) is 19.1 Å². The third-order valence-electron chi connectivity index (χ3n) is 5.45. The van der Waals surface area contributed by atoms with Crippen LogP contribution in [0, 0.1) is 13.5 Å². The normalized spacial score (nSPS) is 19.0. The molecule has 138 valence electrons. The highest BCUT2D eigenvalue weighted by Crippen LogP contribution is 2.39. The molecule has 0 spiro atoms. The number of aryl methyl sites for hydroxylation is 1. The monoisotopic (exact) mass is 360 g/mol. The summed E-state index contributed by atoms with van der Waals surface area (Å²) in [7, 11) is 0. The van der Waals surface area contributed by atoms with E-state index in [9.17, 15) is 4.79 Å². The van der Waals surface area contributed by atoms with Crippen LogP contribution in [0.3, 0.4) is 0 Å². The van der Waals surface area contributed by atoms with E-state index in [1.54, 1.807) is 6.20 Å². The van der Waals surface area contributed by atoms with Crippen molar-refractivity contribution in [3.8, 4) is 0 Å². The zero-order chi connectivity index (χ0) is 18.8. The highest BCUT2D eigenvalue weighted by atomic mass is 16.1. The molecule has 1 aliphatic carbocycles. The predicted molar refractivity (Wildman–Crippen MR) is 106 cm³/mol. The maximum Gasteiger partial charge on any atom is 0.272 e. The topological polar surface area (TPSA) is 49.6 Å². The van der Waals surface area contributed by atoms with Crippen LogP contribution in [-0.4, -0.2) is 30.0 Å². The Labute approximate surface area is 160 Å². The molecule has 0 radical (unpaired) electrons. The molecular weight excluding hydrogens is 336 g/mol. The molecule has 5 nitrogen and oxygen atoms in total. The SMILES string of the molecule is [C-]#[N+]c1ncc(N2CC[C@@H](NC(=O)Cc3ccc(C4CC4)cc3)C2)cc1C. The minimum Gasteiger partial charge on any atom is -0.366 e. The number of hydrogen-bond acceptors (Lipinski definition) is 3. The lowest BCUT2D eigenvalue weighted by Gasteiger charge is -2.18. The van der Waals surface area contributed by atoms with Crippen LogP contribution < -0.4 is 10.2 Å². The molecule has 2 aliphatic rings. The molecule has 1 aromatic carbocycles. The van der Waals surface area contributed by atoms with Gasteiger partial charge in [0.15, 0.2) is 0 Å². The van der Waals surface area contributed by atoms with E-state index < -0.39 is 0 Å². The summed E-state index contributed by atoms with van der Waals surface area (Å²) in [6.45, 7) is 10.7. The minimum atomic E-state index is 0.0821. The molecule has 0 bridgehead atoms. The maximum absolute atomic E-state index is 12.4. The Hall–Kier alpha value is -2.87. The lowest BCUT2D eigenvalue weighted by molar-refractivity contribution is -0.121. The average molecular weight is 360 g/mol. The Morgan fingerprint density at radius 1 is 1.30 bits per heavy atom. The summed E-state index contributed by atoms with van der Waals surface area (Å²) in [4.78, 5) is 22.3. The van der Waals surface area contributed by atoms with Gasteiger partial charge in [-0.05, 0) is 54.9 Å². The maximum atomic E-state index is 12.4. The molecule has 1 saturated carbocycles. The Kier molecular flexibility index (Phi) is 4.81. The first kappa shape index (κ1) is 17.5. The molecule has 1 N–H and O–H groups in total. The van der Waals surface area contributed by atoms with Crippen molar-refractivity contribution in [2.24, 2.45) is 0 Å². The minimum absolute atomic E-state index is 0.0821. The molecule has 2 aromatic rings. The summed E-state index contributed by atoms with van der Waals surface area (Å²) in [6, 6.07) is 10.7. The predicted octanol–water partition coefficient (Wildman–Crippen LogP) is 3.76. The van der Waals surface area contributed by atoms with Crippen LogP contribution in [0.1, 0.15) is 41.9 Å². The van der Waals surface area contributed by atoms with Crippen molar-refractivity contribution in [1.82, 2.24) is 10.3 Å². The summed E-state index contributed by atoms with van der Waals surface area (Å²) in [6.07, 6.45) is 5.71. The van der Waals surface area contributed by atoms with Crippen molar-refractivity contribution in [2.45, 2.75) is 44.6 Å². The lowest BCUT2D eigenvalue weighted by Crippen LogP contribution is -2.38. The molecular formula is C22H24N4O. The van der Waals surface area contributed by atoms with Crippen LogP contribution in [0.5, 0.6) is 0 Å². The highest BCUT2D eigenvalue weighted by molar-refractivity contribution is 5.79. The van der Waals surface area contributed by atoms with Gasteiger partial charge in [0.1, 0.15) is 6.20 Å². The van der Waals surface area contributed by atoms with E-state index in [4.69, 9.17) is 6.57 Å². The zero-order valence-corrected chi connectivity index (χ0v) is 15.6. The largest absolute Gasteiger partial charge is 0.366 e. The van der Waals surface area contributed by atoms with Crippen LogP contribution in [-0.2, 0) is 11.2 Å². The molecule has 1 amide bonds. The van der Waals surface area contributed by atoms with Crippen LogP contribution >= 0.6 is 0 Å². The van der Waals surface area contributed by atoms with Gasteiger partial charge in [-0.2, -0.15) is 0 Å². The number of hydrogen-bond donors (Lipinski definition) is 1. The van der Waals surface area contributed by atoms with Crippen molar-refractivity contribution < 1.29 is 4.79 Å². The van der Waals surface area contributed by atoms with E-state index in [0.29, 0.717) is 12.2 Å². The standard InChI is InChI=1S/C22H24N4O/c1-15-11-20(13-24-22(15)23-2)26-10-9-19(14-26)25-21(27)12-16-3-5-17(6-4-16)18-7-8-18/h3-6,11,13,18-19H,7-10,12,14H2,1H3,(H,25,27)/t19-/m1/s1. The number of carbonyl (C=O) groups excluding carboxylic acids is 1. The smallest absolute Gasteiger partial charge is 0.272 e. The first-order valence-corrected chi connectivity index (χ1v) is 9.59. The molecule has 1 aromatic heterocycles. The van der Waals surface area contributed by atoms with Gasteiger partial charge < -0.3 is 15.1 Å². The van der Waals surface area contributed by atoms with E-state index in [0.717, 1.165) is 42.2 Å². The van der Waals surface area contributed by atoms with Crippen LogP contribution in [0.25, 0.3) is 4.85 Å². The van der Waals surface area contributed by atoms with Crippen molar-refractivity contribution in [2.75, 3.05) is 18.0 Å². The van der Waals surface area contributed by atoms with Gasteiger partial charge in [-0.3, -0.25) is 4.79 Å². The van der Waals surface area contributed by atoms with Gasteiger partial charge in [0.25, 0.3) is 5.82 Å². The van der Waals surface area contributed by atoms with Crippen molar-refractivity contribution in [3.63, 3.8) is 0 Å². The van der Waals surface area contributed by atoms with Gasteiger partial charge in [-0.1, -0.05) is 30.8 Å². The van der Waals surface area contributed by atoms with Crippen molar-refractivity contribution in [3.05, 3.63) is 64.6 Å². The van der Waals surface area contributed by atoms with Gasteiger partial charge in [-0.15, -0.1) is 4.98 Å². The first-order chi connectivity index (χ1) is 13.1. The van der Waals surface area contributed by atoms with E-state index in [-0.39, 0.29) is 11.9 Å². The number of nitrogens with one attached hydrogen (secondary N) is 1. The van der Waals surface area contributed by atoms with Crippen molar-refractivity contribution >= 4 is 17.4 Å². The molecule has 1 atom stereocenters. The Bertz CT molecular complexity index is 880. The second kappa shape index (κ2) is 7.40. The number of benzene rings is 1. The molecule has 1 saturated heterocycles. The Morgan fingerprint density at radius 3 is 2.74 bits per heavy atom. The fourth-order valence-corrected chi connectivity index (χ4v) is 3.74. The molecule has 5 heteroatoms. The molecule has 0 unspecified atom stereocenters. The zero-order valence-electron chi connectivity index (χ0n) is 15.6. The second-order valence-electron chi connectivity index (χ2n) is 7.64. The number of amides is 1. The summed E-state index contributed by atoms with van der Waals surface area (Å²) in [5.41, 5.74) is 4.39. The number of aromatic nitrogens is 1. The van der Waals surface area contributed by atoms with E-state index >= 15 is 0 Å². The molecule has 2 heterocycles. The quantitative estimate of drug-likeness (QED) is 0.826. The molecule has 4 rings (SSSR count). The van der Waals surface area contributed by atoms with Crippen LogP contribution in [0.4, 0.5) is 11.5 Å². The van der Waals surface area contributed by atoms with Gasteiger partial charge in [0.2, 0.25) is 5.91 Å². The number of nitrogens with zero attached hydrogens (tertiary/aromatic N) is 3. The number of anilines is 1. The third-order valence-corrected chi connectivity index (χ3v) is 5.45. The van der Waals surface area contributed by atoms with Gasteiger partial charge >= 0.3 is 0 Å². The summed E-state index contributed by atoms with van der Waals surface area (Å²) < 4.78 is 0.